The number of para-hydroxylation sites is 2. The maximum Gasteiger partial charge on any atom is 0.512 e. The third-order valence-corrected chi connectivity index (χ3v) is 6.83. The fraction of sp³-hybridized carbons (Fsp3) is 0.357. The fourth-order valence-corrected chi connectivity index (χ4v) is 4.74. The molecule has 210 valence electrons. The molecule has 0 atom stereocenters. The Morgan fingerprint density at radius 3 is 2.62 bits per heavy atom. The van der Waals surface area contributed by atoms with Gasteiger partial charge in [-0.15, -0.1) is 0 Å². The van der Waals surface area contributed by atoms with Crippen LogP contribution in [-0.4, -0.2) is 72.4 Å². The van der Waals surface area contributed by atoms with Gasteiger partial charge in [0, 0.05) is 38.4 Å². The van der Waals surface area contributed by atoms with E-state index in [1.165, 1.54) is 12.1 Å². The number of fused-ring (bicyclic) bond motifs is 1. The van der Waals surface area contributed by atoms with Crippen LogP contribution in [0.4, 0.5) is 21.1 Å². The van der Waals surface area contributed by atoms with Crippen LogP contribution in [0.15, 0.2) is 60.8 Å². The predicted molar refractivity (Wildman–Crippen MR) is 148 cm³/mol. The standard InChI is InChI=1S/C28H32FN7O4/c1-30-18-38-28(37)40-19-39-25-11-14-31-26(33-25)34(2)22-12-15-35(16-13-22)27-32-23-5-3-4-6-24(23)36(27)17-20-7-9-21(29)10-8-20/h3-11,14,22,30H,12-13,15-19H2,1-2H3. The molecule has 1 N–H and O–H groups in total. The van der Waals surface area contributed by atoms with Crippen LogP contribution in [0.5, 0.6) is 5.88 Å². The molecule has 5 rings (SSSR count). The molecule has 40 heavy (non-hydrogen) atoms. The smallest absolute Gasteiger partial charge is 0.440 e. The largest absolute Gasteiger partial charge is 0.512 e. The fourth-order valence-electron chi connectivity index (χ4n) is 4.74. The summed E-state index contributed by atoms with van der Waals surface area (Å²) in [6.45, 7) is 1.95. The van der Waals surface area contributed by atoms with Gasteiger partial charge in [-0.25, -0.2) is 19.2 Å². The van der Waals surface area contributed by atoms with Gasteiger partial charge < -0.3 is 28.6 Å². The van der Waals surface area contributed by atoms with Crippen molar-refractivity contribution in [3.8, 4) is 5.88 Å². The topological polar surface area (TPSA) is 107 Å². The third kappa shape index (κ3) is 6.40. The van der Waals surface area contributed by atoms with E-state index in [2.05, 4.69) is 30.8 Å². The van der Waals surface area contributed by atoms with Gasteiger partial charge in [0.05, 0.1) is 17.6 Å². The van der Waals surface area contributed by atoms with Crippen LogP contribution in [0.3, 0.4) is 0 Å². The first-order valence-corrected chi connectivity index (χ1v) is 13.1. The van der Waals surface area contributed by atoms with Crippen molar-refractivity contribution in [2.24, 2.45) is 0 Å². The number of hydrogen-bond acceptors (Lipinski definition) is 10. The van der Waals surface area contributed by atoms with Crippen molar-refractivity contribution in [1.29, 1.82) is 0 Å². The van der Waals surface area contributed by atoms with E-state index >= 15 is 0 Å². The number of imidazole rings is 1. The molecule has 1 aliphatic rings. The number of rotatable bonds is 10. The lowest BCUT2D eigenvalue weighted by atomic mass is 10.0. The van der Waals surface area contributed by atoms with E-state index in [9.17, 15) is 9.18 Å². The summed E-state index contributed by atoms with van der Waals surface area (Å²) in [5.74, 6) is 1.49. The first-order chi connectivity index (χ1) is 19.5. The number of nitrogens with zero attached hydrogens (tertiary/aromatic N) is 6. The van der Waals surface area contributed by atoms with Crippen molar-refractivity contribution in [2.75, 3.05) is 50.5 Å². The van der Waals surface area contributed by atoms with E-state index in [-0.39, 0.29) is 25.4 Å². The number of piperidine rings is 1. The average molecular weight is 550 g/mol. The molecule has 1 fully saturated rings. The molecule has 0 radical (unpaired) electrons. The Bertz CT molecular complexity index is 1420. The average Bonchev–Trinajstić information content (AvgIpc) is 3.35. The molecule has 0 bridgehead atoms. The first kappa shape index (κ1) is 27.1. The summed E-state index contributed by atoms with van der Waals surface area (Å²) in [7, 11) is 3.62. The van der Waals surface area contributed by atoms with Gasteiger partial charge in [0.2, 0.25) is 24.6 Å². The maximum absolute atomic E-state index is 13.5. The second-order valence-corrected chi connectivity index (χ2v) is 9.44. The third-order valence-electron chi connectivity index (χ3n) is 6.83. The lowest BCUT2D eigenvalue weighted by molar-refractivity contribution is 0.000923. The number of anilines is 2. The van der Waals surface area contributed by atoms with Gasteiger partial charge in [-0.3, -0.25) is 5.32 Å². The second-order valence-electron chi connectivity index (χ2n) is 9.44. The van der Waals surface area contributed by atoms with Crippen LogP contribution in [-0.2, 0) is 16.0 Å². The van der Waals surface area contributed by atoms with Crippen molar-refractivity contribution >= 4 is 29.1 Å². The highest BCUT2D eigenvalue weighted by Crippen LogP contribution is 2.28. The molecule has 1 aliphatic heterocycles. The molecular formula is C28H32FN7O4. The van der Waals surface area contributed by atoms with Crippen LogP contribution in [0.25, 0.3) is 11.0 Å². The second kappa shape index (κ2) is 12.6. The van der Waals surface area contributed by atoms with E-state index < -0.39 is 6.16 Å². The Labute approximate surface area is 231 Å². The number of nitrogens with one attached hydrogen (secondary N) is 1. The van der Waals surface area contributed by atoms with Crippen molar-refractivity contribution in [1.82, 2.24) is 24.8 Å². The summed E-state index contributed by atoms with van der Waals surface area (Å²) in [6.07, 6.45) is 2.54. The molecule has 0 aliphatic carbocycles. The molecule has 4 aromatic rings. The van der Waals surface area contributed by atoms with Crippen LogP contribution in [0.1, 0.15) is 18.4 Å². The van der Waals surface area contributed by atoms with Crippen LogP contribution in [0.2, 0.25) is 0 Å². The Kier molecular flexibility index (Phi) is 8.55. The molecule has 0 unspecified atom stereocenters. The summed E-state index contributed by atoms with van der Waals surface area (Å²) in [4.78, 5) is 29.6. The van der Waals surface area contributed by atoms with Crippen molar-refractivity contribution in [2.45, 2.75) is 25.4 Å². The van der Waals surface area contributed by atoms with Gasteiger partial charge in [0.15, 0.2) is 0 Å². The summed E-state index contributed by atoms with van der Waals surface area (Å²) in [5.41, 5.74) is 2.99. The van der Waals surface area contributed by atoms with Crippen molar-refractivity contribution in [3.63, 3.8) is 0 Å². The van der Waals surface area contributed by atoms with E-state index in [1.54, 1.807) is 19.3 Å². The summed E-state index contributed by atoms with van der Waals surface area (Å²) >= 11 is 0. The first-order valence-electron chi connectivity index (χ1n) is 13.1. The van der Waals surface area contributed by atoms with Crippen molar-refractivity contribution in [3.05, 3.63) is 72.2 Å². The molecule has 2 aromatic carbocycles. The minimum Gasteiger partial charge on any atom is -0.440 e. The zero-order valence-electron chi connectivity index (χ0n) is 22.5. The monoisotopic (exact) mass is 549 g/mol. The number of ether oxygens (including phenoxy) is 3. The molecule has 12 heteroatoms. The van der Waals surface area contributed by atoms with Gasteiger partial charge >= 0.3 is 6.16 Å². The lowest BCUT2D eigenvalue weighted by Crippen LogP contribution is -2.44. The van der Waals surface area contributed by atoms with E-state index in [0.29, 0.717) is 18.4 Å². The van der Waals surface area contributed by atoms with Gasteiger partial charge in [-0.05, 0) is 49.7 Å². The predicted octanol–water partition coefficient (Wildman–Crippen LogP) is 3.79. The zero-order valence-corrected chi connectivity index (χ0v) is 22.5. The normalized spacial score (nSPS) is 13.8. The maximum atomic E-state index is 13.5. The molecule has 3 heterocycles. The summed E-state index contributed by atoms with van der Waals surface area (Å²) < 4.78 is 30.7. The number of carbonyl (C=O) groups excluding carboxylic acids is 1. The van der Waals surface area contributed by atoms with E-state index in [4.69, 9.17) is 19.2 Å². The molecule has 2 aromatic heterocycles. The zero-order chi connectivity index (χ0) is 27.9. The Morgan fingerprint density at radius 1 is 1.07 bits per heavy atom. The van der Waals surface area contributed by atoms with Gasteiger partial charge in [-0.2, -0.15) is 4.98 Å². The number of aromatic nitrogens is 4. The lowest BCUT2D eigenvalue weighted by Gasteiger charge is -2.37. The number of benzene rings is 2. The van der Waals surface area contributed by atoms with E-state index in [0.717, 1.165) is 48.5 Å². The van der Waals surface area contributed by atoms with Crippen LogP contribution < -0.4 is 19.9 Å². The minimum atomic E-state index is -0.835. The Morgan fingerprint density at radius 2 is 1.85 bits per heavy atom. The number of carbonyl (C=O) groups is 1. The van der Waals surface area contributed by atoms with Gasteiger partial charge in [0.1, 0.15) is 12.5 Å². The highest BCUT2D eigenvalue weighted by molar-refractivity contribution is 5.79. The SMILES string of the molecule is CNCOC(=O)OCOc1ccnc(N(C)C2CCN(c3nc4ccccc4n3Cc3ccc(F)cc3)CC2)n1. The molecule has 0 amide bonds. The van der Waals surface area contributed by atoms with Crippen molar-refractivity contribution < 1.29 is 23.4 Å². The minimum absolute atomic E-state index is 0.0483. The summed E-state index contributed by atoms with van der Waals surface area (Å²) in [6, 6.07) is 16.5. The van der Waals surface area contributed by atoms with Gasteiger partial charge in [-0.1, -0.05) is 24.3 Å². The quantitative estimate of drug-likeness (QED) is 0.232. The molecule has 1 saturated heterocycles. The highest BCUT2D eigenvalue weighted by Gasteiger charge is 2.27. The highest BCUT2D eigenvalue weighted by atomic mass is 19.1. The Balaban J connectivity index is 1.22. The van der Waals surface area contributed by atoms with Crippen LogP contribution in [0, 0.1) is 5.82 Å². The summed E-state index contributed by atoms with van der Waals surface area (Å²) in [5, 5.41) is 2.68. The molecule has 0 spiro atoms. The van der Waals surface area contributed by atoms with Gasteiger partial charge in [0.25, 0.3) is 0 Å². The number of halogens is 1. The number of hydrogen-bond donors (Lipinski definition) is 1. The molecular weight excluding hydrogens is 517 g/mol. The van der Waals surface area contributed by atoms with E-state index in [1.807, 2.05) is 42.3 Å². The molecule has 0 saturated carbocycles. The Hall–Kier alpha value is -4.45. The van der Waals surface area contributed by atoms with Crippen LogP contribution >= 0.6 is 0 Å². The molecule has 11 nitrogen and oxygen atoms in total.